The van der Waals surface area contributed by atoms with Gasteiger partial charge in [-0.05, 0) is 43.4 Å². The fourth-order valence-electron chi connectivity index (χ4n) is 2.45. The van der Waals surface area contributed by atoms with Gasteiger partial charge in [-0.25, -0.2) is 0 Å². The van der Waals surface area contributed by atoms with Crippen molar-refractivity contribution in [2.45, 2.75) is 51.2 Å². The Morgan fingerprint density at radius 3 is 2.44 bits per heavy atom. The summed E-state index contributed by atoms with van der Waals surface area (Å²) in [6.45, 7) is 0.0278. The molecule has 1 N–H and O–H groups in total. The monoisotopic (exact) mass is 250 g/mol. The minimum Gasteiger partial charge on any atom is -0.493 e. The highest BCUT2D eigenvalue weighted by atomic mass is 16.5. The molecule has 0 unspecified atom stereocenters. The standard InChI is InChI=1S/C15H22O3/c1-17-15-10-12(11-16)8-9-14(15)18-13-6-4-2-3-5-7-13/h8-10,13,16H,2-7,11H2,1H3. The highest BCUT2D eigenvalue weighted by Gasteiger charge is 2.16. The van der Waals surface area contributed by atoms with Crippen LogP contribution in [0.1, 0.15) is 44.1 Å². The predicted octanol–water partition coefficient (Wildman–Crippen LogP) is 3.29. The van der Waals surface area contributed by atoms with Gasteiger partial charge in [0.1, 0.15) is 0 Å². The molecule has 0 radical (unpaired) electrons. The minimum atomic E-state index is 0.0278. The van der Waals surface area contributed by atoms with Crippen molar-refractivity contribution in [3.8, 4) is 11.5 Å². The molecule has 1 saturated carbocycles. The van der Waals surface area contributed by atoms with E-state index in [1.807, 2.05) is 18.2 Å². The van der Waals surface area contributed by atoms with Crippen LogP contribution in [0.4, 0.5) is 0 Å². The van der Waals surface area contributed by atoms with Crippen molar-refractivity contribution < 1.29 is 14.6 Å². The molecule has 0 bridgehead atoms. The van der Waals surface area contributed by atoms with Crippen LogP contribution in [0.2, 0.25) is 0 Å². The van der Waals surface area contributed by atoms with E-state index in [2.05, 4.69) is 0 Å². The van der Waals surface area contributed by atoms with Gasteiger partial charge in [-0.1, -0.05) is 18.9 Å². The molecule has 3 nitrogen and oxygen atoms in total. The van der Waals surface area contributed by atoms with Crippen LogP contribution in [0.25, 0.3) is 0 Å². The smallest absolute Gasteiger partial charge is 0.161 e. The molecule has 18 heavy (non-hydrogen) atoms. The third-order valence-electron chi connectivity index (χ3n) is 3.51. The molecule has 1 aromatic rings. The van der Waals surface area contributed by atoms with E-state index in [1.165, 1.54) is 25.7 Å². The van der Waals surface area contributed by atoms with Crippen molar-refractivity contribution in [1.82, 2.24) is 0 Å². The maximum atomic E-state index is 9.11. The number of hydrogen-bond acceptors (Lipinski definition) is 3. The molecular weight excluding hydrogens is 228 g/mol. The molecule has 1 fully saturated rings. The summed E-state index contributed by atoms with van der Waals surface area (Å²) in [6.07, 6.45) is 7.71. The van der Waals surface area contributed by atoms with Gasteiger partial charge in [0.15, 0.2) is 11.5 Å². The lowest BCUT2D eigenvalue weighted by Crippen LogP contribution is -2.15. The summed E-state index contributed by atoms with van der Waals surface area (Å²) in [4.78, 5) is 0. The lowest BCUT2D eigenvalue weighted by atomic mass is 10.1. The summed E-state index contributed by atoms with van der Waals surface area (Å²) >= 11 is 0. The van der Waals surface area contributed by atoms with E-state index < -0.39 is 0 Å². The number of benzene rings is 1. The molecule has 1 aliphatic rings. The van der Waals surface area contributed by atoms with Crippen molar-refractivity contribution in [2.75, 3.05) is 7.11 Å². The van der Waals surface area contributed by atoms with Gasteiger partial charge in [0.05, 0.1) is 19.8 Å². The highest BCUT2D eigenvalue weighted by Crippen LogP contribution is 2.31. The Hall–Kier alpha value is -1.22. The van der Waals surface area contributed by atoms with Gasteiger partial charge in [0.2, 0.25) is 0 Å². The number of methoxy groups -OCH3 is 1. The van der Waals surface area contributed by atoms with Gasteiger partial charge in [-0.2, -0.15) is 0 Å². The van der Waals surface area contributed by atoms with Gasteiger partial charge in [0.25, 0.3) is 0 Å². The van der Waals surface area contributed by atoms with Crippen LogP contribution in [0, 0.1) is 0 Å². The van der Waals surface area contributed by atoms with Gasteiger partial charge >= 0.3 is 0 Å². The summed E-state index contributed by atoms with van der Waals surface area (Å²) in [5.41, 5.74) is 0.847. The van der Waals surface area contributed by atoms with E-state index in [-0.39, 0.29) is 6.61 Å². The first kappa shape index (κ1) is 13.2. The molecule has 3 heteroatoms. The van der Waals surface area contributed by atoms with Crippen LogP contribution >= 0.6 is 0 Å². The van der Waals surface area contributed by atoms with Crippen LogP contribution in [0.15, 0.2) is 18.2 Å². The Labute approximate surface area is 109 Å². The summed E-state index contributed by atoms with van der Waals surface area (Å²) < 4.78 is 11.4. The molecule has 1 aromatic carbocycles. The Bertz CT molecular complexity index is 368. The first-order valence-corrected chi connectivity index (χ1v) is 6.78. The molecule has 0 saturated heterocycles. The third kappa shape index (κ3) is 3.39. The maximum absolute atomic E-state index is 9.11. The zero-order valence-corrected chi connectivity index (χ0v) is 11.0. The van der Waals surface area contributed by atoms with E-state index in [1.54, 1.807) is 7.11 Å². The quantitative estimate of drug-likeness (QED) is 0.833. The van der Waals surface area contributed by atoms with Crippen LogP contribution in [-0.2, 0) is 6.61 Å². The van der Waals surface area contributed by atoms with Crippen molar-refractivity contribution in [3.05, 3.63) is 23.8 Å². The molecule has 0 heterocycles. The van der Waals surface area contributed by atoms with E-state index >= 15 is 0 Å². The summed E-state index contributed by atoms with van der Waals surface area (Å²) in [6, 6.07) is 5.62. The van der Waals surface area contributed by atoms with Gasteiger partial charge in [-0.3, -0.25) is 0 Å². The summed E-state index contributed by atoms with van der Waals surface area (Å²) in [5, 5.41) is 9.11. The summed E-state index contributed by atoms with van der Waals surface area (Å²) in [7, 11) is 1.64. The molecule has 0 aliphatic heterocycles. The Kier molecular flexibility index (Phi) is 4.88. The molecule has 1 aliphatic carbocycles. The van der Waals surface area contributed by atoms with Crippen molar-refractivity contribution >= 4 is 0 Å². The maximum Gasteiger partial charge on any atom is 0.161 e. The zero-order chi connectivity index (χ0) is 12.8. The Balaban J connectivity index is 2.07. The van der Waals surface area contributed by atoms with E-state index in [9.17, 15) is 0 Å². The third-order valence-corrected chi connectivity index (χ3v) is 3.51. The molecule has 0 amide bonds. The molecule has 100 valence electrons. The van der Waals surface area contributed by atoms with E-state index in [4.69, 9.17) is 14.6 Å². The van der Waals surface area contributed by atoms with E-state index in [0.717, 1.165) is 24.2 Å². The van der Waals surface area contributed by atoms with Gasteiger partial charge < -0.3 is 14.6 Å². The number of hydrogen-bond donors (Lipinski definition) is 1. The van der Waals surface area contributed by atoms with Crippen LogP contribution in [-0.4, -0.2) is 18.3 Å². The van der Waals surface area contributed by atoms with Crippen molar-refractivity contribution in [3.63, 3.8) is 0 Å². The van der Waals surface area contributed by atoms with Gasteiger partial charge in [-0.15, -0.1) is 0 Å². The number of ether oxygens (including phenoxy) is 2. The van der Waals surface area contributed by atoms with E-state index in [0.29, 0.717) is 11.9 Å². The highest BCUT2D eigenvalue weighted by molar-refractivity contribution is 5.42. The number of aliphatic hydroxyl groups excluding tert-OH is 1. The lowest BCUT2D eigenvalue weighted by Gasteiger charge is -2.19. The molecule has 0 aromatic heterocycles. The van der Waals surface area contributed by atoms with Crippen molar-refractivity contribution in [2.24, 2.45) is 0 Å². The van der Waals surface area contributed by atoms with Crippen LogP contribution in [0.3, 0.4) is 0 Å². The Morgan fingerprint density at radius 1 is 1.11 bits per heavy atom. The molecule has 0 spiro atoms. The summed E-state index contributed by atoms with van der Waals surface area (Å²) in [5.74, 6) is 1.51. The molecule has 0 atom stereocenters. The topological polar surface area (TPSA) is 38.7 Å². The minimum absolute atomic E-state index is 0.0278. The largest absolute Gasteiger partial charge is 0.493 e. The lowest BCUT2D eigenvalue weighted by molar-refractivity contribution is 0.176. The number of rotatable bonds is 4. The number of aliphatic hydroxyl groups is 1. The second-order valence-electron chi connectivity index (χ2n) is 4.87. The first-order chi connectivity index (χ1) is 8.83. The molecule has 2 rings (SSSR count). The fraction of sp³-hybridized carbons (Fsp3) is 0.600. The second-order valence-corrected chi connectivity index (χ2v) is 4.87. The van der Waals surface area contributed by atoms with Crippen LogP contribution < -0.4 is 9.47 Å². The SMILES string of the molecule is COc1cc(CO)ccc1OC1CCCCCC1. The van der Waals surface area contributed by atoms with Gasteiger partial charge in [0, 0.05) is 0 Å². The van der Waals surface area contributed by atoms with Crippen LogP contribution in [0.5, 0.6) is 11.5 Å². The predicted molar refractivity (Wildman–Crippen MR) is 71.0 cm³/mol. The Morgan fingerprint density at radius 2 is 1.83 bits per heavy atom. The normalized spacial score (nSPS) is 17.2. The average Bonchev–Trinajstić information content (AvgIpc) is 2.68. The first-order valence-electron chi connectivity index (χ1n) is 6.78. The van der Waals surface area contributed by atoms with Crippen molar-refractivity contribution in [1.29, 1.82) is 0 Å². The second kappa shape index (κ2) is 6.64. The zero-order valence-electron chi connectivity index (χ0n) is 11.0. The average molecular weight is 250 g/mol. The molecular formula is C15H22O3. The fourth-order valence-corrected chi connectivity index (χ4v) is 2.45.